The van der Waals surface area contributed by atoms with Crippen molar-refractivity contribution in [3.63, 3.8) is 0 Å². The summed E-state index contributed by atoms with van der Waals surface area (Å²) in [6.45, 7) is 2.65. The molecule has 0 aliphatic carbocycles. The Morgan fingerprint density at radius 1 is 1.14 bits per heavy atom. The summed E-state index contributed by atoms with van der Waals surface area (Å²) < 4.78 is 0. The van der Waals surface area contributed by atoms with Gasteiger partial charge < -0.3 is 10.3 Å². The van der Waals surface area contributed by atoms with Gasteiger partial charge in [-0.05, 0) is 17.5 Å². The molecule has 0 aliphatic rings. The average molecular weight is 313 g/mol. The van der Waals surface area contributed by atoms with Crippen LogP contribution in [0, 0.1) is 0 Å². The molecule has 0 bridgehead atoms. The molecular weight excluding hydrogens is 296 g/mol. The lowest BCUT2D eigenvalue weighted by Gasteiger charge is -2.12. The summed E-state index contributed by atoms with van der Waals surface area (Å²) in [6.07, 6.45) is 0. The minimum Gasteiger partial charge on any atom is -0.350 e. The van der Waals surface area contributed by atoms with Gasteiger partial charge >= 0.3 is 0 Å². The Hall–Kier alpha value is -2.26. The fraction of sp³-hybridized carbons (Fsp3) is 0.167. The molecule has 22 heavy (non-hydrogen) atoms. The molecular formula is C18H17ClN2O. The van der Waals surface area contributed by atoms with Crippen LogP contribution in [0.25, 0.3) is 10.9 Å². The van der Waals surface area contributed by atoms with Crippen LogP contribution in [0.1, 0.15) is 28.9 Å². The number of H-pyrrole nitrogens is 1. The normalized spacial score (nSPS) is 12.3. The van der Waals surface area contributed by atoms with Gasteiger partial charge in [0.25, 0.3) is 5.91 Å². The van der Waals surface area contributed by atoms with Gasteiger partial charge in [0.1, 0.15) is 5.69 Å². The van der Waals surface area contributed by atoms with Crippen molar-refractivity contribution >= 4 is 28.4 Å². The molecule has 0 fully saturated rings. The van der Waals surface area contributed by atoms with Crippen LogP contribution in [0.3, 0.4) is 0 Å². The van der Waals surface area contributed by atoms with E-state index in [1.54, 1.807) is 0 Å². The molecule has 3 rings (SSSR count). The number of benzene rings is 2. The Morgan fingerprint density at radius 2 is 1.82 bits per heavy atom. The Morgan fingerprint density at radius 3 is 2.55 bits per heavy atom. The van der Waals surface area contributed by atoms with Crippen molar-refractivity contribution in [3.8, 4) is 0 Å². The molecule has 1 heterocycles. The van der Waals surface area contributed by atoms with Crippen molar-refractivity contribution in [2.45, 2.75) is 12.8 Å². The van der Waals surface area contributed by atoms with E-state index in [0.29, 0.717) is 17.3 Å². The molecule has 1 atom stereocenters. The molecule has 0 radical (unpaired) electrons. The van der Waals surface area contributed by atoms with Crippen molar-refractivity contribution in [2.75, 3.05) is 6.54 Å². The minimum absolute atomic E-state index is 0.177. The number of nitrogens with one attached hydrogen (secondary N) is 2. The summed E-state index contributed by atoms with van der Waals surface area (Å²) in [5.74, 6) is 0.0669. The number of carbonyl (C=O) groups excluding carboxylic acids is 1. The average Bonchev–Trinajstić information content (AvgIpc) is 2.90. The number of aromatic amines is 1. The summed E-state index contributed by atoms with van der Waals surface area (Å²) in [5.41, 5.74) is 2.49. The van der Waals surface area contributed by atoms with Gasteiger partial charge in [-0.2, -0.15) is 0 Å². The topological polar surface area (TPSA) is 44.9 Å². The quantitative estimate of drug-likeness (QED) is 0.739. The van der Waals surface area contributed by atoms with E-state index in [4.69, 9.17) is 11.6 Å². The lowest BCUT2D eigenvalue weighted by Crippen LogP contribution is -2.28. The van der Waals surface area contributed by atoms with Crippen LogP contribution >= 0.6 is 11.6 Å². The summed E-state index contributed by atoms with van der Waals surface area (Å²) in [6, 6.07) is 17.7. The van der Waals surface area contributed by atoms with E-state index in [2.05, 4.69) is 29.4 Å². The monoisotopic (exact) mass is 312 g/mol. The number of para-hydroxylation sites is 1. The Kier molecular flexibility index (Phi) is 4.16. The number of carbonyl (C=O) groups is 1. The zero-order valence-corrected chi connectivity index (χ0v) is 13.0. The molecule has 0 spiro atoms. The largest absolute Gasteiger partial charge is 0.350 e. The number of hydrogen-bond donors (Lipinski definition) is 2. The van der Waals surface area contributed by atoms with Gasteiger partial charge in [0.2, 0.25) is 0 Å². The molecule has 1 aromatic heterocycles. The highest BCUT2D eigenvalue weighted by molar-refractivity contribution is 6.38. The molecule has 4 heteroatoms. The lowest BCUT2D eigenvalue weighted by molar-refractivity contribution is 0.0947. The summed E-state index contributed by atoms with van der Waals surface area (Å²) in [4.78, 5) is 15.4. The van der Waals surface area contributed by atoms with Gasteiger partial charge in [-0.15, -0.1) is 0 Å². The second kappa shape index (κ2) is 6.24. The molecule has 1 amide bonds. The van der Waals surface area contributed by atoms with Crippen molar-refractivity contribution in [1.29, 1.82) is 0 Å². The fourth-order valence-corrected chi connectivity index (χ4v) is 2.80. The van der Waals surface area contributed by atoms with Gasteiger partial charge in [0, 0.05) is 17.4 Å². The summed E-state index contributed by atoms with van der Waals surface area (Å²) in [7, 11) is 0. The van der Waals surface area contributed by atoms with Crippen molar-refractivity contribution in [3.05, 3.63) is 70.9 Å². The summed E-state index contributed by atoms with van der Waals surface area (Å²) >= 11 is 6.29. The molecule has 3 nitrogen and oxygen atoms in total. The maximum absolute atomic E-state index is 12.3. The number of hydrogen-bond acceptors (Lipinski definition) is 1. The van der Waals surface area contributed by atoms with Gasteiger partial charge in [-0.1, -0.05) is 67.1 Å². The number of fused-ring (bicyclic) bond motifs is 1. The molecule has 112 valence electrons. The minimum atomic E-state index is -0.177. The third kappa shape index (κ3) is 2.85. The van der Waals surface area contributed by atoms with Gasteiger partial charge in [0.05, 0.1) is 5.02 Å². The Balaban J connectivity index is 1.72. The molecule has 2 aromatic carbocycles. The van der Waals surface area contributed by atoms with E-state index in [9.17, 15) is 4.79 Å². The third-order valence-electron chi connectivity index (χ3n) is 3.81. The van der Waals surface area contributed by atoms with E-state index in [1.165, 1.54) is 5.56 Å². The van der Waals surface area contributed by atoms with E-state index >= 15 is 0 Å². The van der Waals surface area contributed by atoms with Crippen molar-refractivity contribution in [1.82, 2.24) is 10.3 Å². The van der Waals surface area contributed by atoms with Crippen LogP contribution < -0.4 is 5.32 Å². The standard InChI is InChI=1S/C18H17ClN2O/c1-12(13-7-3-2-4-8-13)11-20-18(22)17-16(19)14-9-5-6-10-15(14)21-17/h2-10,12,21H,11H2,1H3,(H,20,22). The molecule has 3 aromatic rings. The van der Waals surface area contributed by atoms with E-state index < -0.39 is 0 Å². The third-order valence-corrected chi connectivity index (χ3v) is 4.20. The highest BCUT2D eigenvalue weighted by Crippen LogP contribution is 2.27. The SMILES string of the molecule is CC(CNC(=O)c1[nH]c2ccccc2c1Cl)c1ccccc1. The van der Waals surface area contributed by atoms with Crippen LogP contribution in [0.15, 0.2) is 54.6 Å². The zero-order valence-electron chi connectivity index (χ0n) is 12.3. The second-order valence-corrected chi connectivity index (χ2v) is 5.76. The van der Waals surface area contributed by atoms with Gasteiger partial charge in [-0.25, -0.2) is 0 Å². The first-order valence-electron chi connectivity index (χ1n) is 7.26. The van der Waals surface area contributed by atoms with Crippen LogP contribution in [-0.4, -0.2) is 17.4 Å². The number of rotatable bonds is 4. The predicted molar refractivity (Wildman–Crippen MR) is 90.5 cm³/mol. The number of halogens is 1. The molecule has 0 saturated carbocycles. The van der Waals surface area contributed by atoms with Gasteiger partial charge in [0.15, 0.2) is 0 Å². The van der Waals surface area contributed by atoms with Crippen molar-refractivity contribution < 1.29 is 4.79 Å². The van der Waals surface area contributed by atoms with Crippen LogP contribution in [0.4, 0.5) is 0 Å². The summed E-state index contributed by atoms with van der Waals surface area (Å²) in [5, 5.41) is 4.28. The van der Waals surface area contributed by atoms with Crippen LogP contribution in [-0.2, 0) is 0 Å². The van der Waals surface area contributed by atoms with E-state index in [1.807, 2.05) is 42.5 Å². The lowest BCUT2D eigenvalue weighted by atomic mass is 10.0. The first kappa shape index (κ1) is 14.7. The smallest absolute Gasteiger partial charge is 0.269 e. The maximum atomic E-state index is 12.3. The predicted octanol–water partition coefficient (Wildman–Crippen LogP) is 4.35. The highest BCUT2D eigenvalue weighted by Gasteiger charge is 2.16. The number of amides is 1. The first-order chi connectivity index (χ1) is 10.7. The molecule has 2 N–H and O–H groups in total. The van der Waals surface area contributed by atoms with Crippen LogP contribution in [0.2, 0.25) is 5.02 Å². The first-order valence-corrected chi connectivity index (χ1v) is 7.64. The zero-order chi connectivity index (χ0) is 15.5. The Labute approximate surface area is 134 Å². The Bertz CT molecular complexity index is 795. The number of aromatic nitrogens is 1. The maximum Gasteiger partial charge on any atom is 0.269 e. The molecule has 0 aliphatic heterocycles. The van der Waals surface area contributed by atoms with Crippen molar-refractivity contribution in [2.24, 2.45) is 0 Å². The van der Waals surface area contributed by atoms with E-state index in [0.717, 1.165) is 10.9 Å². The molecule has 1 unspecified atom stereocenters. The van der Waals surface area contributed by atoms with Gasteiger partial charge in [-0.3, -0.25) is 4.79 Å². The fourth-order valence-electron chi connectivity index (χ4n) is 2.50. The van der Waals surface area contributed by atoms with Crippen LogP contribution in [0.5, 0.6) is 0 Å². The van der Waals surface area contributed by atoms with E-state index in [-0.39, 0.29) is 11.8 Å². The molecule has 0 saturated heterocycles. The second-order valence-electron chi connectivity index (χ2n) is 5.38. The highest BCUT2D eigenvalue weighted by atomic mass is 35.5.